The second-order valence-corrected chi connectivity index (χ2v) is 19.0. The van der Waals surface area contributed by atoms with Crippen LogP contribution >= 0.6 is 0 Å². The quantitative estimate of drug-likeness (QED) is 0.177. The first kappa shape index (κ1) is 40.9. The lowest BCUT2D eigenvalue weighted by Crippen LogP contribution is -2.15. The van der Waals surface area contributed by atoms with Gasteiger partial charge in [-0.3, -0.25) is 4.57 Å². The molecule has 0 radical (unpaired) electrons. The molecule has 1 aliphatic carbocycles. The van der Waals surface area contributed by atoms with Gasteiger partial charge in [0.05, 0.1) is 49.8 Å². The largest absolute Gasteiger partial charge is 0.384 e. The maximum atomic E-state index is 7.46. The predicted octanol–water partition coefficient (Wildman–Crippen LogP) is 16.6. The zero-order valence-electron chi connectivity index (χ0n) is 39.6. The number of fused-ring (bicyclic) bond motifs is 12. The van der Waals surface area contributed by atoms with Gasteiger partial charge >= 0.3 is 0 Å². The van der Waals surface area contributed by atoms with E-state index in [9.17, 15) is 0 Å². The first-order valence-electron chi connectivity index (χ1n) is 24.8. The van der Waals surface area contributed by atoms with Gasteiger partial charge in [0.25, 0.3) is 0 Å². The number of nitrogens with two attached hydrogens (primary N) is 1. The third kappa shape index (κ3) is 6.27. The van der Waals surface area contributed by atoms with Gasteiger partial charge < -0.3 is 14.9 Å². The summed E-state index contributed by atoms with van der Waals surface area (Å²) in [6, 6.07) is 83.0. The van der Waals surface area contributed by atoms with Gasteiger partial charge in [-0.05, 0) is 131 Å². The SMILES string of the molecule is N/C(=C1/C=CC=C/C1=N\n1c2ccccc2c2cc(-c3ccc4c(c3)c3ccccc3n4-c3ccccc3)ccc21)n1c2ccccc2c2cc(-c3ccc4c(c3)c3ccccc3n4-c3ccccc3)ccc21. The Morgan fingerprint density at radius 2 is 0.658 bits per heavy atom. The molecule has 10 aromatic carbocycles. The number of hydrogen-bond acceptors (Lipinski definition) is 2. The summed E-state index contributed by atoms with van der Waals surface area (Å²) in [5, 5.41) is 14.9. The van der Waals surface area contributed by atoms with E-state index in [1.54, 1.807) is 0 Å². The molecule has 0 aliphatic heterocycles. The van der Waals surface area contributed by atoms with Crippen molar-refractivity contribution in [2.45, 2.75) is 0 Å². The summed E-state index contributed by atoms with van der Waals surface area (Å²) in [5.74, 6) is 0.612. The minimum absolute atomic E-state index is 0.612. The van der Waals surface area contributed by atoms with Crippen LogP contribution in [0, 0.1) is 0 Å². The fourth-order valence-electron chi connectivity index (χ4n) is 11.7. The Hall–Kier alpha value is -9.91. The van der Waals surface area contributed by atoms with Gasteiger partial charge in [0.15, 0.2) is 0 Å². The van der Waals surface area contributed by atoms with E-state index >= 15 is 0 Å². The number of rotatable bonds is 6. The van der Waals surface area contributed by atoms with E-state index in [0.29, 0.717) is 5.82 Å². The van der Waals surface area contributed by atoms with E-state index < -0.39 is 0 Å². The fourth-order valence-corrected chi connectivity index (χ4v) is 11.7. The molecule has 0 spiro atoms. The molecule has 0 saturated heterocycles. The summed E-state index contributed by atoms with van der Waals surface area (Å²) in [5.41, 5.74) is 24.9. The minimum atomic E-state index is 0.612. The van der Waals surface area contributed by atoms with E-state index in [1.165, 1.54) is 49.2 Å². The molecule has 1 aliphatic rings. The van der Waals surface area contributed by atoms with Gasteiger partial charge in [-0.25, -0.2) is 4.68 Å². The molecule has 0 unspecified atom stereocenters. The molecule has 73 heavy (non-hydrogen) atoms. The topological polar surface area (TPSA) is 58.1 Å². The highest BCUT2D eigenvalue weighted by Gasteiger charge is 2.21. The van der Waals surface area contributed by atoms with Crippen molar-refractivity contribution in [1.82, 2.24) is 18.4 Å². The van der Waals surface area contributed by atoms with Crippen LogP contribution < -0.4 is 5.73 Å². The molecule has 0 bridgehead atoms. The Morgan fingerprint density at radius 3 is 1.19 bits per heavy atom. The van der Waals surface area contributed by atoms with Gasteiger partial charge in [-0.2, -0.15) is 5.10 Å². The summed E-state index contributed by atoms with van der Waals surface area (Å²) in [6.45, 7) is 0. The average molecular weight is 933 g/mol. The summed E-state index contributed by atoms with van der Waals surface area (Å²) in [7, 11) is 0. The molecular formula is C67H44N6. The van der Waals surface area contributed by atoms with E-state index in [4.69, 9.17) is 10.8 Å². The summed E-state index contributed by atoms with van der Waals surface area (Å²) < 4.78 is 9.01. The lowest BCUT2D eigenvalue weighted by Gasteiger charge is -2.15. The highest BCUT2D eigenvalue weighted by Crippen LogP contribution is 2.40. The van der Waals surface area contributed by atoms with Crippen LogP contribution in [0.2, 0.25) is 0 Å². The smallest absolute Gasteiger partial charge is 0.118 e. The van der Waals surface area contributed by atoms with Gasteiger partial charge in [-0.1, -0.05) is 146 Å². The van der Waals surface area contributed by atoms with Crippen molar-refractivity contribution in [2.24, 2.45) is 10.8 Å². The zero-order chi connectivity index (χ0) is 48.1. The van der Waals surface area contributed by atoms with Crippen molar-refractivity contribution >= 4 is 98.8 Å². The maximum absolute atomic E-state index is 7.46. The van der Waals surface area contributed by atoms with Crippen LogP contribution in [-0.2, 0) is 0 Å². The van der Waals surface area contributed by atoms with E-state index in [-0.39, 0.29) is 0 Å². The molecule has 0 atom stereocenters. The molecule has 4 aromatic heterocycles. The standard InChI is InChI=1S/C67H44N6/c68-67(72-61-29-15-10-23-51(61)56-41-45(33-37-64(56)72)43-31-35-62-54(39-43)49-21-8-13-27-59(49)70(62)47-17-3-1-4-18-47)53-25-7-12-26-58(53)69-73-65-30-16-11-24-52(65)57-42-46(34-38-66(57)73)44-32-36-63-55(40-44)50-22-9-14-28-60(50)71(63)48-19-5-2-6-20-48/h1-42H,68H2/b67-53+,69-58+. The molecule has 6 nitrogen and oxygen atoms in total. The van der Waals surface area contributed by atoms with Crippen molar-refractivity contribution in [3.63, 3.8) is 0 Å². The average Bonchev–Trinajstić information content (AvgIpc) is 4.18. The number of benzene rings is 10. The first-order chi connectivity index (χ1) is 36.1. The third-order valence-corrected chi connectivity index (χ3v) is 15.0. The lowest BCUT2D eigenvalue weighted by atomic mass is 10.0. The Labute approximate surface area is 420 Å². The minimum Gasteiger partial charge on any atom is -0.384 e. The van der Waals surface area contributed by atoms with Crippen molar-refractivity contribution in [2.75, 3.05) is 0 Å². The molecule has 2 N–H and O–H groups in total. The van der Waals surface area contributed by atoms with Crippen LogP contribution in [-0.4, -0.2) is 24.1 Å². The van der Waals surface area contributed by atoms with Crippen LogP contribution in [0.5, 0.6) is 0 Å². The van der Waals surface area contributed by atoms with Crippen molar-refractivity contribution in [3.05, 3.63) is 260 Å². The number of para-hydroxylation sites is 6. The maximum Gasteiger partial charge on any atom is 0.118 e. The van der Waals surface area contributed by atoms with E-state index in [2.05, 4.69) is 261 Å². The van der Waals surface area contributed by atoms with Crippen molar-refractivity contribution in [3.8, 4) is 33.6 Å². The monoisotopic (exact) mass is 932 g/mol. The van der Waals surface area contributed by atoms with Gasteiger partial charge in [0.1, 0.15) is 5.82 Å². The molecule has 15 rings (SSSR count). The van der Waals surface area contributed by atoms with Gasteiger partial charge in [-0.15, -0.1) is 0 Å². The number of nitrogens with zero attached hydrogens (tertiary/aromatic N) is 5. The molecule has 14 aromatic rings. The highest BCUT2D eigenvalue weighted by molar-refractivity contribution is 6.19. The molecule has 0 fully saturated rings. The van der Waals surface area contributed by atoms with E-state index in [1.807, 2.05) is 12.2 Å². The molecule has 0 saturated carbocycles. The summed E-state index contributed by atoms with van der Waals surface area (Å²) in [6.07, 6.45) is 8.24. The van der Waals surface area contributed by atoms with Crippen molar-refractivity contribution in [1.29, 1.82) is 0 Å². The number of aromatic nitrogens is 4. The summed E-state index contributed by atoms with van der Waals surface area (Å²) in [4.78, 5) is 0. The zero-order valence-corrected chi connectivity index (χ0v) is 39.6. The van der Waals surface area contributed by atoms with E-state index in [0.717, 1.165) is 83.0 Å². The second-order valence-electron chi connectivity index (χ2n) is 19.0. The number of hydrogen-bond donors (Lipinski definition) is 1. The van der Waals surface area contributed by atoms with Crippen LogP contribution in [0.4, 0.5) is 0 Å². The fraction of sp³-hybridized carbons (Fsp3) is 0. The normalized spacial score (nSPS) is 14.2. The van der Waals surface area contributed by atoms with Crippen molar-refractivity contribution < 1.29 is 0 Å². The first-order valence-corrected chi connectivity index (χ1v) is 24.8. The predicted molar refractivity (Wildman–Crippen MR) is 307 cm³/mol. The number of allylic oxidation sites excluding steroid dienone is 5. The van der Waals surface area contributed by atoms with Gasteiger partial charge in [0, 0.05) is 60.0 Å². The van der Waals surface area contributed by atoms with Gasteiger partial charge in [0.2, 0.25) is 0 Å². The van der Waals surface area contributed by atoms with Crippen LogP contribution in [0.3, 0.4) is 0 Å². The molecule has 0 amide bonds. The van der Waals surface area contributed by atoms with Crippen LogP contribution in [0.25, 0.3) is 127 Å². The Morgan fingerprint density at radius 1 is 0.315 bits per heavy atom. The van der Waals surface area contributed by atoms with Crippen LogP contribution in [0.1, 0.15) is 0 Å². The molecule has 6 heteroatoms. The second kappa shape index (κ2) is 16.1. The highest BCUT2D eigenvalue weighted by atomic mass is 15.4. The third-order valence-electron chi connectivity index (χ3n) is 15.0. The van der Waals surface area contributed by atoms with Crippen LogP contribution in [0.15, 0.2) is 266 Å². The molecular weight excluding hydrogens is 889 g/mol. The Bertz CT molecular complexity index is 4720. The summed E-state index contributed by atoms with van der Waals surface area (Å²) >= 11 is 0. The molecule has 342 valence electrons. The Balaban J connectivity index is 0.840. The lowest BCUT2D eigenvalue weighted by molar-refractivity contribution is 0.967. The Kier molecular flexibility index (Phi) is 9.01. The molecule has 4 heterocycles.